The van der Waals surface area contributed by atoms with E-state index in [2.05, 4.69) is 40.0 Å². The van der Waals surface area contributed by atoms with Gasteiger partial charge in [-0.2, -0.15) is 0 Å². The van der Waals surface area contributed by atoms with Crippen molar-refractivity contribution in [1.82, 2.24) is 4.98 Å². The predicted octanol–water partition coefficient (Wildman–Crippen LogP) is 5.28. The first-order valence-electron chi connectivity index (χ1n) is 5.89. The average molecular weight is 325 g/mol. The zero-order valence-corrected chi connectivity index (χ0v) is 12.7. The van der Waals surface area contributed by atoms with E-state index in [4.69, 9.17) is 11.6 Å². The molecule has 2 unspecified atom stereocenters. The zero-order valence-electron chi connectivity index (χ0n) is 10.4. The van der Waals surface area contributed by atoms with Gasteiger partial charge in [-0.05, 0) is 47.7 Å². The molecule has 0 aliphatic heterocycles. The molecule has 0 bridgehead atoms. The number of nitrogens with zero attached hydrogens (tertiary/aromatic N) is 1. The summed E-state index contributed by atoms with van der Waals surface area (Å²) >= 11 is 10.1. The first kappa shape index (κ1) is 13.6. The molecule has 1 heterocycles. The molecule has 0 saturated carbocycles. The third kappa shape index (κ3) is 2.93. The third-order valence-corrected chi connectivity index (χ3v) is 4.74. The molecule has 2 aromatic rings. The summed E-state index contributed by atoms with van der Waals surface area (Å²) in [7, 11) is 0. The molecule has 2 atom stereocenters. The van der Waals surface area contributed by atoms with E-state index in [0.717, 1.165) is 10.6 Å². The van der Waals surface area contributed by atoms with Gasteiger partial charge < -0.3 is 0 Å². The predicted molar refractivity (Wildman–Crippen MR) is 80.5 cm³/mol. The number of pyridine rings is 1. The van der Waals surface area contributed by atoms with Gasteiger partial charge in [0.2, 0.25) is 0 Å². The second-order valence-electron chi connectivity index (χ2n) is 4.50. The second-order valence-corrected chi connectivity index (χ2v) is 5.89. The number of halogens is 2. The summed E-state index contributed by atoms with van der Waals surface area (Å²) < 4.78 is 0. The molecule has 0 N–H and O–H groups in total. The summed E-state index contributed by atoms with van der Waals surface area (Å²) in [5.74, 6) is 0.341. The highest BCUT2D eigenvalue weighted by Gasteiger charge is 2.20. The van der Waals surface area contributed by atoms with Crippen molar-refractivity contribution in [2.75, 3.05) is 0 Å². The molecule has 18 heavy (non-hydrogen) atoms. The first-order valence-corrected chi connectivity index (χ1v) is 7.19. The van der Waals surface area contributed by atoms with Crippen molar-refractivity contribution in [2.24, 2.45) is 0 Å². The van der Waals surface area contributed by atoms with Crippen LogP contribution in [-0.4, -0.2) is 4.98 Å². The van der Waals surface area contributed by atoms with Gasteiger partial charge in [-0.25, -0.2) is 0 Å². The molecule has 2 rings (SSSR count). The zero-order chi connectivity index (χ0) is 13.1. The Balaban J connectivity index is 2.28. The topological polar surface area (TPSA) is 12.9 Å². The van der Waals surface area contributed by atoms with Crippen molar-refractivity contribution < 1.29 is 0 Å². The molecule has 0 radical (unpaired) electrons. The van der Waals surface area contributed by atoms with Crippen molar-refractivity contribution >= 4 is 27.5 Å². The van der Waals surface area contributed by atoms with Gasteiger partial charge in [0.1, 0.15) is 0 Å². The molecule has 0 aliphatic carbocycles. The van der Waals surface area contributed by atoms with Gasteiger partial charge in [-0.1, -0.05) is 46.6 Å². The maximum atomic E-state index is 6.31. The van der Waals surface area contributed by atoms with Gasteiger partial charge in [0.15, 0.2) is 0 Å². The fourth-order valence-corrected chi connectivity index (χ4v) is 3.15. The van der Waals surface area contributed by atoms with E-state index in [9.17, 15) is 0 Å². The number of rotatable bonds is 3. The van der Waals surface area contributed by atoms with Gasteiger partial charge in [-0.3, -0.25) is 4.98 Å². The van der Waals surface area contributed by atoms with Crippen molar-refractivity contribution in [1.29, 1.82) is 0 Å². The fourth-order valence-electron chi connectivity index (χ4n) is 1.96. The Hall–Kier alpha value is -0.860. The normalized spacial score (nSPS) is 14.2. The summed E-state index contributed by atoms with van der Waals surface area (Å²) in [5.41, 5.74) is 3.56. The van der Waals surface area contributed by atoms with Crippen molar-refractivity contribution in [2.45, 2.75) is 24.6 Å². The number of aromatic nitrogens is 1. The lowest BCUT2D eigenvalue weighted by Crippen LogP contribution is -2.03. The van der Waals surface area contributed by atoms with E-state index in [0.29, 0.717) is 5.92 Å². The summed E-state index contributed by atoms with van der Waals surface area (Å²) in [6.07, 6.45) is 3.64. The molecule has 0 aliphatic rings. The molecule has 0 fully saturated rings. The van der Waals surface area contributed by atoms with Crippen LogP contribution < -0.4 is 0 Å². The largest absolute Gasteiger partial charge is 0.265 e. The van der Waals surface area contributed by atoms with Gasteiger partial charge in [0.25, 0.3) is 0 Å². The maximum absolute atomic E-state index is 6.31. The van der Waals surface area contributed by atoms with Crippen LogP contribution in [0, 0.1) is 6.92 Å². The number of hydrogen-bond donors (Lipinski definition) is 0. The first-order chi connectivity index (χ1) is 8.59. The quantitative estimate of drug-likeness (QED) is 0.700. The summed E-state index contributed by atoms with van der Waals surface area (Å²) in [6.45, 7) is 4.23. The fraction of sp³-hybridized carbons (Fsp3) is 0.267. The van der Waals surface area contributed by atoms with Crippen LogP contribution in [0.1, 0.15) is 34.4 Å². The average Bonchev–Trinajstić information content (AvgIpc) is 2.38. The summed E-state index contributed by atoms with van der Waals surface area (Å²) in [6, 6.07) is 10.3. The molecular formula is C15H15BrClN. The monoisotopic (exact) mass is 323 g/mol. The van der Waals surface area contributed by atoms with Crippen LogP contribution in [0.2, 0.25) is 5.02 Å². The van der Waals surface area contributed by atoms with Crippen LogP contribution in [0.25, 0.3) is 0 Å². The van der Waals surface area contributed by atoms with Crippen LogP contribution in [0.5, 0.6) is 0 Å². The van der Waals surface area contributed by atoms with E-state index in [-0.39, 0.29) is 4.83 Å². The highest BCUT2D eigenvalue weighted by molar-refractivity contribution is 9.09. The van der Waals surface area contributed by atoms with E-state index in [1.807, 2.05) is 37.5 Å². The van der Waals surface area contributed by atoms with Crippen molar-refractivity contribution in [3.63, 3.8) is 0 Å². The molecule has 0 spiro atoms. The van der Waals surface area contributed by atoms with Crippen LogP contribution in [0.3, 0.4) is 0 Å². The van der Waals surface area contributed by atoms with Crippen LogP contribution in [0.15, 0.2) is 42.7 Å². The lowest BCUT2D eigenvalue weighted by Gasteiger charge is -2.20. The van der Waals surface area contributed by atoms with Gasteiger partial charge in [0, 0.05) is 22.2 Å². The summed E-state index contributed by atoms with van der Waals surface area (Å²) in [5, 5.41) is 0.817. The van der Waals surface area contributed by atoms with Crippen LogP contribution >= 0.6 is 27.5 Å². The molecular weight excluding hydrogens is 310 g/mol. The SMILES string of the molecule is Cc1ccc(C(Br)C(C)c2ccncc2)c(Cl)c1. The number of hydrogen-bond acceptors (Lipinski definition) is 1. The molecule has 1 aromatic heterocycles. The third-order valence-electron chi connectivity index (χ3n) is 3.12. The van der Waals surface area contributed by atoms with E-state index in [1.54, 1.807) is 0 Å². The minimum absolute atomic E-state index is 0.202. The van der Waals surface area contributed by atoms with E-state index in [1.165, 1.54) is 11.1 Å². The van der Waals surface area contributed by atoms with Gasteiger partial charge in [-0.15, -0.1) is 0 Å². The molecule has 0 saturated heterocycles. The highest BCUT2D eigenvalue weighted by Crippen LogP contribution is 2.40. The molecule has 94 valence electrons. The van der Waals surface area contributed by atoms with E-state index < -0.39 is 0 Å². The Labute approximate surface area is 121 Å². The number of benzene rings is 1. The minimum Gasteiger partial charge on any atom is -0.265 e. The minimum atomic E-state index is 0.202. The maximum Gasteiger partial charge on any atom is 0.0475 e. The standard InChI is InChI=1S/C15H15BrClN/c1-10-3-4-13(14(17)9-10)15(16)11(2)12-5-7-18-8-6-12/h3-9,11,15H,1-2H3. The van der Waals surface area contributed by atoms with Gasteiger partial charge in [0.05, 0.1) is 0 Å². The van der Waals surface area contributed by atoms with Gasteiger partial charge >= 0.3 is 0 Å². The molecule has 1 nitrogen and oxygen atoms in total. The van der Waals surface area contributed by atoms with E-state index >= 15 is 0 Å². The van der Waals surface area contributed by atoms with Crippen LogP contribution in [0.4, 0.5) is 0 Å². The summed E-state index contributed by atoms with van der Waals surface area (Å²) in [4.78, 5) is 4.25. The Morgan fingerprint density at radius 3 is 2.44 bits per heavy atom. The molecule has 1 aromatic carbocycles. The highest BCUT2D eigenvalue weighted by atomic mass is 79.9. The lowest BCUT2D eigenvalue weighted by molar-refractivity contribution is 0.750. The van der Waals surface area contributed by atoms with Crippen molar-refractivity contribution in [3.05, 3.63) is 64.4 Å². The Bertz CT molecular complexity index is 527. The van der Waals surface area contributed by atoms with Crippen LogP contribution in [-0.2, 0) is 0 Å². The second kappa shape index (κ2) is 5.85. The molecule has 0 amide bonds. The number of alkyl halides is 1. The number of aryl methyl sites for hydroxylation is 1. The Kier molecular flexibility index (Phi) is 4.41. The Morgan fingerprint density at radius 2 is 1.83 bits per heavy atom. The Morgan fingerprint density at radius 1 is 1.17 bits per heavy atom. The molecule has 3 heteroatoms. The smallest absolute Gasteiger partial charge is 0.0475 e. The lowest BCUT2D eigenvalue weighted by atomic mass is 9.94. The van der Waals surface area contributed by atoms with Crippen molar-refractivity contribution in [3.8, 4) is 0 Å².